The molecule has 0 atom stereocenters. The molecule has 3 rings (SSSR count). The first-order valence-electron chi connectivity index (χ1n) is 5.81. The van der Waals surface area contributed by atoms with Crippen molar-refractivity contribution >= 4 is 16.8 Å². The molecule has 2 N–H and O–H groups in total. The van der Waals surface area contributed by atoms with Gasteiger partial charge in [0, 0.05) is 24.0 Å². The number of carbonyl (C=O) groups is 1. The Balaban J connectivity index is 1.98. The van der Waals surface area contributed by atoms with Crippen molar-refractivity contribution in [1.82, 2.24) is 9.88 Å². The van der Waals surface area contributed by atoms with Gasteiger partial charge in [-0.2, -0.15) is 0 Å². The number of hydrogen-bond acceptors (Lipinski definition) is 2. The number of aromatic nitrogens is 1. The minimum absolute atomic E-state index is 0.156. The second-order valence-corrected chi connectivity index (χ2v) is 4.73. The predicted octanol–water partition coefficient (Wildman–Crippen LogP) is 1.43. The molecule has 18 heavy (non-hydrogen) atoms. The lowest BCUT2D eigenvalue weighted by Gasteiger charge is -2.35. The van der Waals surface area contributed by atoms with Crippen molar-refractivity contribution in [3.63, 3.8) is 0 Å². The van der Waals surface area contributed by atoms with E-state index >= 15 is 0 Å². The number of aliphatic hydroxyl groups excluding tert-OH is 1. The molecule has 4 nitrogen and oxygen atoms in total. The molecule has 1 amide bonds. The highest BCUT2D eigenvalue weighted by Crippen LogP contribution is 2.23. The normalized spacial score (nSPS) is 16.1. The van der Waals surface area contributed by atoms with E-state index in [-0.39, 0.29) is 11.7 Å². The maximum absolute atomic E-state index is 13.2. The molecule has 0 spiro atoms. The molecule has 0 radical (unpaired) electrons. The number of rotatable bonds is 1. The van der Waals surface area contributed by atoms with Gasteiger partial charge in [-0.05, 0) is 30.7 Å². The second-order valence-electron chi connectivity index (χ2n) is 4.73. The molecule has 1 aliphatic heterocycles. The van der Waals surface area contributed by atoms with Crippen LogP contribution in [-0.2, 0) is 0 Å². The number of H-pyrrole nitrogens is 1. The zero-order chi connectivity index (χ0) is 12.9. The van der Waals surface area contributed by atoms with Gasteiger partial charge < -0.3 is 15.0 Å². The molecule has 0 unspecified atom stereocenters. The van der Waals surface area contributed by atoms with Gasteiger partial charge in [-0.3, -0.25) is 4.79 Å². The minimum Gasteiger partial charge on any atom is -0.389 e. The summed E-state index contributed by atoms with van der Waals surface area (Å²) >= 11 is 0. The van der Waals surface area contributed by atoms with E-state index in [1.54, 1.807) is 17.9 Å². The highest BCUT2D eigenvalue weighted by molar-refractivity contribution is 5.99. The van der Waals surface area contributed by atoms with Crippen LogP contribution < -0.4 is 0 Å². The van der Waals surface area contributed by atoms with Crippen molar-refractivity contribution in [2.24, 2.45) is 0 Å². The molecule has 1 fully saturated rings. The number of aliphatic hydroxyl groups is 1. The number of β-amino-alcohol motifs (C(OH)–C–C–N with tert-alkyl or cyclic N) is 1. The highest BCUT2D eigenvalue weighted by atomic mass is 19.1. The van der Waals surface area contributed by atoms with E-state index in [9.17, 15) is 14.3 Å². The molecule has 0 bridgehead atoms. The number of halogens is 1. The predicted molar refractivity (Wildman–Crippen MR) is 64.9 cm³/mol. The Morgan fingerprint density at radius 1 is 1.44 bits per heavy atom. The fourth-order valence-electron chi connectivity index (χ4n) is 2.28. The summed E-state index contributed by atoms with van der Waals surface area (Å²) in [4.78, 5) is 16.5. The van der Waals surface area contributed by atoms with Gasteiger partial charge in [0.15, 0.2) is 0 Å². The van der Waals surface area contributed by atoms with Crippen LogP contribution in [0.15, 0.2) is 18.2 Å². The van der Waals surface area contributed by atoms with Crippen LogP contribution in [0.1, 0.15) is 16.1 Å². The second kappa shape index (κ2) is 3.81. The number of likely N-dealkylation sites (tertiary alicyclic amines) is 1. The van der Waals surface area contributed by atoms with Gasteiger partial charge in [-0.25, -0.2) is 4.39 Å². The fourth-order valence-corrected chi connectivity index (χ4v) is 2.28. The number of aromatic amines is 1. The van der Waals surface area contributed by atoms with Gasteiger partial charge in [0.1, 0.15) is 11.5 Å². The summed E-state index contributed by atoms with van der Waals surface area (Å²) in [5.41, 5.74) is 1.85. The molecule has 0 aliphatic carbocycles. The smallest absolute Gasteiger partial charge is 0.270 e. The molecule has 1 aliphatic rings. The molecule has 2 heterocycles. The van der Waals surface area contributed by atoms with Crippen LogP contribution in [-0.4, -0.2) is 40.1 Å². The molecule has 94 valence electrons. The first kappa shape index (κ1) is 11.2. The van der Waals surface area contributed by atoms with Gasteiger partial charge in [0.05, 0.1) is 6.10 Å². The zero-order valence-corrected chi connectivity index (χ0v) is 9.90. The van der Waals surface area contributed by atoms with Crippen molar-refractivity contribution < 1.29 is 14.3 Å². The van der Waals surface area contributed by atoms with Crippen LogP contribution >= 0.6 is 0 Å². The van der Waals surface area contributed by atoms with E-state index < -0.39 is 6.10 Å². The maximum Gasteiger partial charge on any atom is 0.270 e. The first-order valence-corrected chi connectivity index (χ1v) is 5.81. The Hall–Kier alpha value is -1.88. The molecule has 0 saturated carbocycles. The monoisotopic (exact) mass is 248 g/mol. The molecular weight excluding hydrogens is 235 g/mol. The Bertz CT molecular complexity index is 629. The molecular formula is C13H13FN2O2. The van der Waals surface area contributed by atoms with Crippen molar-refractivity contribution in [2.45, 2.75) is 13.0 Å². The number of nitrogens with one attached hydrogen (secondary N) is 1. The molecule has 1 saturated heterocycles. The Morgan fingerprint density at radius 3 is 2.83 bits per heavy atom. The van der Waals surface area contributed by atoms with Crippen LogP contribution in [0, 0.1) is 12.7 Å². The van der Waals surface area contributed by atoms with E-state index in [2.05, 4.69) is 4.98 Å². The quantitative estimate of drug-likeness (QED) is 0.802. The van der Waals surface area contributed by atoms with Crippen LogP contribution in [0.5, 0.6) is 0 Å². The standard InChI is InChI=1S/C13H13FN2O2/c1-7-2-8(14)3-11-10(7)4-12(15-11)13(18)16-5-9(17)6-16/h2-4,9,15,17H,5-6H2,1H3. The largest absolute Gasteiger partial charge is 0.389 e. The third-order valence-electron chi connectivity index (χ3n) is 3.29. The average molecular weight is 248 g/mol. The van der Waals surface area contributed by atoms with Crippen molar-refractivity contribution in [1.29, 1.82) is 0 Å². The average Bonchev–Trinajstić information content (AvgIpc) is 2.68. The number of benzene rings is 1. The van der Waals surface area contributed by atoms with Crippen molar-refractivity contribution in [2.75, 3.05) is 13.1 Å². The van der Waals surface area contributed by atoms with E-state index in [0.717, 1.165) is 10.9 Å². The molecule has 2 aromatic rings. The molecule has 5 heteroatoms. The Morgan fingerprint density at radius 2 is 2.17 bits per heavy atom. The SMILES string of the molecule is Cc1cc(F)cc2[nH]c(C(=O)N3CC(O)C3)cc12. The van der Waals surface area contributed by atoms with E-state index in [1.807, 2.05) is 0 Å². The summed E-state index contributed by atoms with van der Waals surface area (Å²) in [5.74, 6) is -0.475. The van der Waals surface area contributed by atoms with Crippen LogP contribution in [0.4, 0.5) is 4.39 Å². The van der Waals surface area contributed by atoms with E-state index in [1.165, 1.54) is 12.1 Å². The summed E-state index contributed by atoms with van der Waals surface area (Å²) in [7, 11) is 0. The van der Waals surface area contributed by atoms with Gasteiger partial charge in [-0.1, -0.05) is 0 Å². The van der Waals surface area contributed by atoms with E-state index in [0.29, 0.717) is 24.3 Å². The minimum atomic E-state index is -0.419. The topological polar surface area (TPSA) is 56.3 Å². The van der Waals surface area contributed by atoms with Gasteiger partial charge in [0.25, 0.3) is 5.91 Å². The number of fused-ring (bicyclic) bond motifs is 1. The summed E-state index contributed by atoms with van der Waals surface area (Å²) in [5, 5.41) is 10.0. The van der Waals surface area contributed by atoms with Crippen molar-refractivity contribution in [3.8, 4) is 0 Å². The van der Waals surface area contributed by atoms with Gasteiger partial charge >= 0.3 is 0 Å². The third-order valence-corrected chi connectivity index (χ3v) is 3.29. The highest BCUT2D eigenvalue weighted by Gasteiger charge is 2.30. The van der Waals surface area contributed by atoms with Crippen LogP contribution in [0.2, 0.25) is 0 Å². The summed E-state index contributed by atoms with van der Waals surface area (Å²) < 4.78 is 13.2. The number of nitrogens with zero attached hydrogens (tertiary/aromatic N) is 1. The Kier molecular flexibility index (Phi) is 2.38. The summed E-state index contributed by atoms with van der Waals surface area (Å²) in [6.45, 7) is 2.53. The van der Waals surface area contributed by atoms with E-state index in [4.69, 9.17) is 0 Å². The van der Waals surface area contributed by atoms with Crippen LogP contribution in [0.25, 0.3) is 10.9 Å². The molecule has 1 aromatic heterocycles. The molecule has 1 aromatic carbocycles. The third kappa shape index (κ3) is 1.67. The lowest BCUT2D eigenvalue weighted by atomic mass is 10.1. The number of hydrogen-bond donors (Lipinski definition) is 2. The zero-order valence-electron chi connectivity index (χ0n) is 9.90. The van der Waals surface area contributed by atoms with Crippen LogP contribution in [0.3, 0.4) is 0 Å². The maximum atomic E-state index is 13.2. The lowest BCUT2D eigenvalue weighted by molar-refractivity contribution is 0.00557. The summed E-state index contributed by atoms with van der Waals surface area (Å²) in [6.07, 6.45) is -0.419. The van der Waals surface area contributed by atoms with Crippen molar-refractivity contribution in [3.05, 3.63) is 35.3 Å². The van der Waals surface area contributed by atoms with Gasteiger partial charge in [0.2, 0.25) is 0 Å². The Labute approximate surface area is 103 Å². The fraction of sp³-hybridized carbons (Fsp3) is 0.308. The number of amides is 1. The first-order chi connectivity index (χ1) is 8.54. The lowest BCUT2D eigenvalue weighted by Crippen LogP contribution is -2.53. The number of carbonyl (C=O) groups excluding carboxylic acids is 1. The van der Waals surface area contributed by atoms with Gasteiger partial charge in [-0.15, -0.1) is 0 Å². The number of aryl methyl sites for hydroxylation is 1. The summed E-state index contributed by atoms with van der Waals surface area (Å²) in [6, 6.07) is 4.55.